The third-order valence-electron chi connectivity index (χ3n) is 2.40. The van der Waals surface area contributed by atoms with E-state index in [4.69, 9.17) is 10.5 Å². The van der Waals surface area contributed by atoms with Crippen molar-refractivity contribution in [3.63, 3.8) is 0 Å². The molecule has 78 valence electrons. The monoisotopic (exact) mass is 201 g/mol. The number of hydrogen-bond donors (Lipinski definition) is 1. The predicted molar refractivity (Wildman–Crippen MR) is 60.8 cm³/mol. The second-order valence-corrected chi connectivity index (χ2v) is 3.80. The molecule has 1 heterocycles. The molecule has 0 aliphatic carbocycles. The minimum atomic E-state index is 0.298. The van der Waals surface area contributed by atoms with Crippen LogP contribution in [0.2, 0.25) is 0 Å². The SMILES string of the molecule is CC1Cc2cc(C#CCCN)ccc2O1. The second-order valence-electron chi connectivity index (χ2n) is 3.80. The van der Waals surface area contributed by atoms with E-state index in [2.05, 4.69) is 24.8 Å². The van der Waals surface area contributed by atoms with Gasteiger partial charge >= 0.3 is 0 Å². The van der Waals surface area contributed by atoms with Gasteiger partial charge in [-0.25, -0.2) is 0 Å². The highest BCUT2D eigenvalue weighted by atomic mass is 16.5. The van der Waals surface area contributed by atoms with E-state index in [0.29, 0.717) is 12.6 Å². The number of fused-ring (bicyclic) bond motifs is 1. The van der Waals surface area contributed by atoms with E-state index < -0.39 is 0 Å². The Morgan fingerprint density at radius 3 is 3.20 bits per heavy atom. The van der Waals surface area contributed by atoms with E-state index in [1.807, 2.05) is 12.1 Å². The van der Waals surface area contributed by atoms with Crippen LogP contribution in [-0.4, -0.2) is 12.6 Å². The van der Waals surface area contributed by atoms with Gasteiger partial charge in [0.2, 0.25) is 0 Å². The molecule has 15 heavy (non-hydrogen) atoms. The molecule has 0 bridgehead atoms. The van der Waals surface area contributed by atoms with Gasteiger partial charge in [0.25, 0.3) is 0 Å². The predicted octanol–water partition coefficient (Wildman–Crippen LogP) is 1.71. The Morgan fingerprint density at radius 2 is 2.40 bits per heavy atom. The van der Waals surface area contributed by atoms with Crippen molar-refractivity contribution >= 4 is 0 Å². The molecule has 0 fully saturated rings. The molecule has 1 aliphatic rings. The van der Waals surface area contributed by atoms with Gasteiger partial charge in [0, 0.05) is 24.9 Å². The van der Waals surface area contributed by atoms with Gasteiger partial charge < -0.3 is 10.5 Å². The van der Waals surface area contributed by atoms with Crippen molar-refractivity contribution in [1.29, 1.82) is 0 Å². The zero-order chi connectivity index (χ0) is 10.7. The van der Waals surface area contributed by atoms with Crippen LogP contribution >= 0.6 is 0 Å². The fourth-order valence-electron chi connectivity index (χ4n) is 1.74. The molecule has 1 aromatic carbocycles. The van der Waals surface area contributed by atoms with Gasteiger partial charge in [0.05, 0.1) is 0 Å². The number of hydrogen-bond acceptors (Lipinski definition) is 2. The summed E-state index contributed by atoms with van der Waals surface area (Å²) in [5.41, 5.74) is 7.70. The molecule has 0 saturated carbocycles. The van der Waals surface area contributed by atoms with E-state index in [9.17, 15) is 0 Å². The Bertz CT molecular complexity index is 414. The van der Waals surface area contributed by atoms with Crippen molar-refractivity contribution in [2.75, 3.05) is 6.54 Å². The molecular formula is C13H15NO. The fraction of sp³-hybridized carbons (Fsp3) is 0.385. The second kappa shape index (κ2) is 4.37. The normalized spacial score (nSPS) is 17.6. The zero-order valence-corrected chi connectivity index (χ0v) is 8.92. The maximum Gasteiger partial charge on any atom is 0.123 e. The first kappa shape index (κ1) is 10.1. The van der Waals surface area contributed by atoms with Crippen molar-refractivity contribution in [1.82, 2.24) is 0 Å². The van der Waals surface area contributed by atoms with Gasteiger partial charge in [-0.15, -0.1) is 0 Å². The first-order valence-electron chi connectivity index (χ1n) is 5.28. The first-order chi connectivity index (χ1) is 7.29. The minimum absolute atomic E-state index is 0.298. The minimum Gasteiger partial charge on any atom is -0.490 e. The summed E-state index contributed by atoms with van der Waals surface area (Å²) in [5.74, 6) is 7.15. The molecular weight excluding hydrogens is 186 g/mol. The first-order valence-corrected chi connectivity index (χ1v) is 5.28. The van der Waals surface area contributed by atoms with E-state index >= 15 is 0 Å². The molecule has 2 N–H and O–H groups in total. The largest absolute Gasteiger partial charge is 0.490 e. The van der Waals surface area contributed by atoms with E-state index in [-0.39, 0.29) is 0 Å². The Balaban J connectivity index is 2.17. The number of rotatable bonds is 1. The average Bonchev–Trinajstić information content (AvgIpc) is 2.57. The zero-order valence-electron chi connectivity index (χ0n) is 8.92. The summed E-state index contributed by atoms with van der Waals surface area (Å²) in [6.07, 6.45) is 2.04. The maximum absolute atomic E-state index is 5.62. The standard InChI is InChI=1S/C13H15NO/c1-10-8-12-9-11(4-2-3-7-14)5-6-13(12)15-10/h5-6,9-10H,3,7-8,14H2,1H3. The molecule has 2 heteroatoms. The summed E-state index contributed by atoms with van der Waals surface area (Å²) in [4.78, 5) is 0. The molecule has 2 nitrogen and oxygen atoms in total. The number of benzene rings is 1. The van der Waals surface area contributed by atoms with Crippen molar-refractivity contribution in [2.24, 2.45) is 5.73 Å². The summed E-state index contributed by atoms with van der Waals surface area (Å²) in [5, 5.41) is 0. The maximum atomic E-state index is 5.62. The highest BCUT2D eigenvalue weighted by molar-refractivity contribution is 5.46. The van der Waals surface area contributed by atoms with Gasteiger partial charge in [-0.2, -0.15) is 0 Å². The molecule has 0 spiro atoms. The van der Waals surface area contributed by atoms with Crippen molar-refractivity contribution < 1.29 is 4.74 Å². The summed E-state index contributed by atoms with van der Waals surface area (Å²) in [6, 6.07) is 6.12. The molecule has 1 unspecified atom stereocenters. The number of ether oxygens (including phenoxy) is 1. The van der Waals surface area contributed by atoms with E-state index in [1.54, 1.807) is 0 Å². The van der Waals surface area contributed by atoms with Gasteiger partial charge in [0.15, 0.2) is 0 Å². The summed E-state index contributed by atoms with van der Waals surface area (Å²) < 4.78 is 5.62. The van der Waals surface area contributed by atoms with E-state index in [0.717, 1.165) is 24.2 Å². The Kier molecular flexibility index (Phi) is 2.94. The lowest BCUT2D eigenvalue weighted by Crippen LogP contribution is -2.05. The highest BCUT2D eigenvalue weighted by Gasteiger charge is 2.18. The summed E-state index contributed by atoms with van der Waals surface area (Å²) in [6.45, 7) is 2.71. The molecule has 2 rings (SSSR count). The number of nitrogens with two attached hydrogens (primary N) is 1. The van der Waals surface area contributed by atoms with Crippen molar-refractivity contribution in [3.8, 4) is 17.6 Å². The average molecular weight is 201 g/mol. The van der Waals surface area contributed by atoms with Gasteiger partial charge in [-0.3, -0.25) is 0 Å². The molecule has 1 atom stereocenters. The third kappa shape index (κ3) is 2.31. The lowest BCUT2D eigenvalue weighted by molar-refractivity contribution is 0.254. The van der Waals surface area contributed by atoms with Crippen molar-refractivity contribution in [2.45, 2.75) is 25.9 Å². The highest BCUT2D eigenvalue weighted by Crippen LogP contribution is 2.28. The van der Waals surface area contributed by atoms with Crippen LogP contribution in [0.1, 0.15) is 24.5 Å². The van der Waals surface area contributed by atoms with Crippen LogP contribution in [0.5, 0.6) is 5.75 Å². The Morgan fingerprint density at radius 1 is 1.53 bits per heavy atom. The van der Waals surface area contributed by atoms with Crippen LogP contribution in [-0.2, 0) is 6.42 Å². The third-order valence-corrected chi connectivity index (χ3v) is 2.40. The Labute approximate surface area is 90.4 Å². The molecule has 0 radical (unpaired) electrons. The molecule has 0 saturated heterocycles. The summed E-state index contributed by atoms with van der Waals surface area (Å²) in [7, 11) is 0. The van der Waals surface area contributed by atoms with Crippen LogP contribution in [0, 0.1) is 11.8 Å². The van der Waals surface area contributed by atoms with Crippen LogP contribution in [0.3, 0.4) is 0 Å². The quantitative estimate of drug-likeness (QED) is 0.702. The van der Waals surface area contributed by atoms with Crippen LogP contribution in [0.15, 0.2) is 18.2 Å². The lowest BCUT2D eigenvalue weighted by Gasteiger charge is -2.01. The summed E-state index contributed by atoms with van der Waals surface area (Å²) >= 11 is 0. The Hall–Kier alpha value is -1.46. The van der Waals surface area contributed by atoms with E-state index in [1.165, 1.54) is 5.56 Å². The van der Waals surface area contributed by atoms with Crippen LogP contribution in [0.4, 0.5) is 0 Å². The molecule has 0 aromatic heterocycles. The lowest BCUT2D eigenvalue weighted by atomic mass is 10.1. The topological polar surface area (TPSA) is 35.2 Å². The molecule has 1 aliphatic heterocycles. The van der Waals surface area contributed by atoms with Crippen LogP contribution in [0.25, 0.3) is 0 Å². The van der Waals surface area contributed by atoms with Gasteiger partial charge in [0.1, 0.15) is 11.9 Å². The smallest absolute Gasteiger partial charge is 0.123 e. The van der Waals surface area contributed by atoms with Gasteiger partial charge in [-0.05, 0) is 30.7 Å². The molecule has 0 amide bonds. The van der Waals surface area contributed by atoms with Crippen LogP contribution < -0.4 is 10.5 Å². The fourth-order valence-corrected chi connectivity index (χ4v) is 1.74. The molecule has 1 aromatic rings. The van der Waals surface area contributed by atoms with Gasteiger partial charge in [-0.1, -0.05) is 11.8 Å². The van der Waals surface area contributed by atoms with Crippen molar-refractivity contribution in [3.05, 3.63) is 29.3 Å².